The minimum Gasteiger partial charge on any atom is -0.457 e. The number of aliphatic imine (C=N–C) groups is 1. The van der Waals surface area contributed by atoms with E-state index < -0.39 is 5.82 Å². The fourth-order valence-electron chi connectivity index (χ4n) is 4.45. The highest BCUT2D eigenvalue weighted by Crippen LogP contribution is 2.33. The first-order valence-corrected chi connectivity index (χ1v) is 13.4. The average Bonchev–Trinajstić information content (AvgIpc) is 3.78. The molecule has 6 rings (SSSR count). The number of hydrogen-bond acceptors (Lipinski definition) is 6. The van der Waals surface area contributed by atoms with Gasteiger partial charge in [-0.1, -0.05) is 54.1 Å². The number of halogens is 2. The molecule has 0 atom stereocenters. The number of hydrogen-bond donors (Lipinski definition) is 0. The topological polar surface area (TPSA) is 104 Å². The molecule has 0 bridgehead atoms. The lowest BCUT2D eigenvalue weighted by molar-refractivity contribution is 0.563. The molecular formula is C34H19ClFN5O2. The highest BCUT2D eigenvalue weighted by Gasteiger charge is 2.22. The van der Waals surface area contributed by atoms with Crippen molar-refractivity contribution in [3.05, 3.63) is 137 Å². The first kappa shape index (κ1) is 27.2. The summed E-state index contributed by atoms with van der Waals surface area (Å²) in [5, 5.41) is 25.5. The number of allylic oxidation sites excluding steroid dienone is 1. The molecular weight excluding hydrogens is 565 g/mol. The Morgan fingerprint density at radius 3 is 2.19 bits per heavy atom. The number of nitriles is 2. The van der Waals surface area contributed by atoms with Crippen molar-refractivity contribution in [1.82, 2.24) is 9.78 Å². The van der Waals surface area contributed by atoms with Gasteiger partial charge < -0.3 is 8.83 Å². The Morgan fingerprint density at radius 1 is 0.814 bits per heavy atom. The predicted molar refractivity (Wildman–Crippen MR) is 162 cm³/mol. The summed E-state index contributed by atoms with van der Waals surface area (Å²) in [6, 6.07) is 33.7. The second kappa shape index (κ2) is 11.9. The van der Waals surface area contributed by atoms with Crippen LogP contribution < -0.4 is 0 Å². The third-order valence-electron chi connectivity index (χ3n) is 6.48. The third-order valence-corrected chi connectivity index (χ3v) is 6.81. The molecule has 0 amide bonds. The Hall–Kier alpha value is -5.96. The fraction of sp³-hybridized carbons (Fsp3) is 0. The van der Waals surface area contributed by atoms with Crippen LogP contribution in [-0.2, 0) is 0 Å². The van der Waals surface area contributed by atoms with Crippen molar-refractivity contribution in [2.75, 3.05) is 0 Å². The molecule has 3 aromatic heterocycles. The molecule has 6 aromatic rings. The summed E-state index contributed by atoms with van der Waals surface area (Å²) in [5.41, 5.74) is 1.95. The molecule has 206 valence electrons. The van der Waals surface area contributed by atoms with Gasteiger partial charge >= 0.3 is 0 Å². The maximum absolute atomic E-state index is 14.3. The highest BCUT2D eigenvalue weighted by molar-refractivity contribution is 6.33. The largest absolute Gasteiger partial charge is 0.457 e. The van der Waals surface area contributed by atoms with Crippen LogP contribution >= 0.6 is 11.6 Å². The van der Waals surface area contributed by atoms with E-state index in [9.17, 15) is 14.9 Å². The van der Waals surface area contributed by atoms with Crippen LogP contribution in [0.3, 0.4) is 0 Å². The highest BCUT2D eigenvalue weighted by atomic mass is 35.5. The van der Waals surface area contributed by atoms with Crippen molar-refractivity contribution < 1.29 is 13.2 Å². The van der Waals surface area contributed by atoms with Crippen molar-refractivity contribution in [3.8, 4) is 40.5 Å². The van der Waals surface area contributed by atoms with Crippen LogP contribution in [0.5, 0.6) is 0 Å². The fourth-order valence-corrected chi connectivity index (χ4v) is 4.68. The van der Waals surface area contributed by atoms with E-state index in [1.54, 1.807) is 60.7 Å². The van der Waals surface area contributed by atoms with Gasteiger partial charge in [0.05, 0.1) is 28.1 Å². The van der Waals surface area contributed by atoms with E-state index in [0.717, 1.165) is 0 Å². The van der Waals surface area contributed by atoms with Crippen LogP contribution in [-0.4, -0.2) is 16.0 Å². The van der Waals surface area contributed by atoms with Crippen LogP contribution in [0.25, 0.3) is 40.0 Å². The minimum atomic E-state index is -0.412. The molecule has 3 heterocycles. The maximum Gasteiger partial charge on any atom is 0.174 e. The summed E-state index contributed by atoms with van der Waals surface area (Å²) < 4.78 is 27.5. The molecule has 0 saturated heterocycles. The van der Waals surface area contributed by atoms with Gasteiger partial charge in [-0.2, -0.15) is 15.6 Å². The Balaban J connectivity index is 1.41. The van der Waals surface area contributed by atoms with E-state index in [-0.39, 0.29) is 22.6 Å². The number of nitrogens with zero attached hydrogens (tertiary/aromatic N) is 5. The minimum absolute atomic E-state index is 0.0756. The lowest BCUT2D eigenvalue weighted by atomic mass is 10.1. The smallest absolute Gasteiger partial charge is 0.174 e. The second-order valence-electron chi connectivity index (χ2n) is 9.20. The quantitative estimate of drug-likeness (QED) is 0.138. The zero-order valence-corrected chi connectivity index (χ0v) is 23.0. The second-order valence-corrected chi connectivity index (χ2v) is 9.61. The van der Waals surface area contributed by atoms with Crippen molar-refractivity contribution in [2.45, 2.75) is 0 Å². The number of benzene rings is 3. The van der Waals surface area contributed by atoms with Gasteiger partial charge in [0, 0.05) is 11.6 Å². The lowest BCUT2D eigenvalue weighted by Gasteiger charge is -2.03. The number of para-hydroxylation sites is 1. The molecule has 0 spiro atoms. The zero-order chi connectivity index (χ0) is 29.8. The summed E-state index contributed by atoms with van der Waals surface area (Å²) >= 11 is 6.31. The molecule has 0 aliphatic carbocycles. The number of rotatable bonds is 7. The molecule has 0 aliphatic heterocycles. The maximum atomic E-state index is 14.3. The van der Waals surface area contributed by atoms with Gasteiger partial charge in [-0.15, -0.1) is 0 Å². The van der Waals surface area contributed by atoms with Gasteiger partial charge in [0.2, 0.25) is 0 Å². The van der Waals surface area contributed by atoms with E-state index in [2.05, 4.69) is 22.2 Å². The molecule has 0 radical (unpaired) electrons. The van der Waals surface area contributed by atoms with E-state index in [1.165, 1.54) is 23.0 Å². The van der Waals surface area contributed by atoms with Crippen LogP contribution in [0.2, 0.25) is 5.02 Å². The van der Waals surface area contributed by atoms with Crippen LogP contribution in [0, 0.1) is 28.5 Å². The predicted octanol–water partition coefficient (Wildman–Crippen LogP) is 8.87. The van der Waals surface area contributed by atoms with E-state index in [1.807, 2.05) is 36.4 Å². The summed E-state index contributed by atoms with van der Waals surface area (Å²) in [6.07, 6.45) is 2.93. The van der Waals surface area contributed by atoms with Crippen molar-refractivity contribution in [1.29, 1.82) is 10.5 Å². The van der Waals surface area contributed by atoms with Gasteiger partial charge in [-0.3, -0.25) is 0 Å². The monoisotopic (exact) mass is 583 g/mol. The Labute approximate surface area is 250 Å². The van der Waals surface area contributed by atoms with Crippen LogP contribution in [0.15, 0.2) is 117 Å². The molecule has 0 unspecified atom stereocenters. The van der Waals surface area contributed by atoms with Gasteiger partial charge in [0.1, 0.15) is 52.3 Å². The summed E-state index contributed by atoms with van der Waals surface area (Å²) in [6.45, 7) is 0. The van der Waals surface area contributed by atoms with E-state index >= 15 is 0 Å². The van der Waals surface area contributed by atoms with Gasteiger partial charge in [0.15, 0.2) is 5.82 Å². The van der Waals surface area contributed by atoms with Gasteiger partial charge in [-0.25, -0.2) is 14.1 Å². The summed E-state index contributed by atoms with van der Waals surface area (Å²) in [7, 11) is 0. The molecule has 43 heavy (non-hydrogen) atoms. The van der Waals surface area contributed by atoms with Crippen molar-refractivity contribution in [2.24, 2.45) is 4.99 Å². The summed E-state index contributed by atoms with van der Waals surface area (Å²) in [4.78, 5) is 4.54. The standard InChI is InChI=1S/C34H19ClFN5O2/c35-29-12-6-4-10-26(29)31-16-14-24(42-31)18-22(19-37)33-28(20-38)34(41(40-33)23-8-2-1-3-9-23)39-21-25-15-17-32(43-25)27-11-5-7-13-30(27)36/h1-18,21H. The van der Waals surface area contributed by atoms with E-state index in [0.29, 0.717) is 44.9 Å². The van der Waals surface area contributed by atoms with Crippen molar-refractivity contribution in [3.63, 3.8) is 0 Å². The normalized spacial score (nSPS) is 11.5. The lowest BCUT2D eigenvalue weighted by Crippen LogP contribution is -1.96. The Morgan fingerprint density at radius 2 is 1.47 bits per heavy atom. The third kappa shape index (κ3) is 5.51. The molecule has 0 saturated carbocycles. The van der Waals surface area contributed by atoms with Crippen molar-refractivity contribution >= 4 is 35.3 Å². The average molecular weight is 584 g/mol. The molecule has 0 fully saturated rings. The molecule has 3 aromatic carbocycles. The van der Waals surface area contributed by atoms with Crippen LogP contribution in [0.4, 0.5) is 10.2 Å². The van der Waals surface area contributed by atoms with Gasteiger partial charge in [-0.05, 0) is 60.7 Å². The molecule has 9 heteroatoms. The van der Waals surface area contributed by atoms with Gasteiger partial charge in [0.25, 0.3) is 0 Å². The number of aromatic nitrogens is 2. The molecule has 0 N–H and O–H groups in total. The van der Waals surface area contributed by atoms with E-state index in [4.69, 9.17) is 20.4 Å². The molecule has 7 nitrogen and oxygen atoms in total. The summed E-state index contributed by atoms with van der Waals surface area (Å²) in [5.74, 6) is 1.36. The Bertz CT molecular complexity index is 2090. The molecule has 0 aliphatic rings. The number of furan rings is 2. The first-order chi connectivity index (χ1) is 21.1. The van der Waals surface area contributed by atoms with Crippen LogP contribution in [0.1, 0.15) is 22.8 Å². The zero-order valence-electron chi connectivity index (χ0n) is 22.3. The Kier molecular flexibility index (Phi) is 7.52. The SMILES string of the molecule is N#CC(=Cc1ccc(-c2ccccc2Cl)o1)c1nn(-c2ccccc2)c(N=Cc2ccc(-c3ccccc3F)o2)c1C#N. The first-order valence-electron chi connectivity index (χ1n) is 13.0.